The van der Waals surface area contributed by atoms with Crippen molar-refractivity contribution in [2.75, 3.05) is 7.11 Å². The van der Waals surface area contributed by atoms with Crippen molar-refractivity contribution in [2.45, 2.75) is 45.4 Å². The molecule has 2 aromatic heterocycles. The van der Waals surface area contributed by atoms with Crippen LogP contribution in [0.25, 0.3) is 22.5 Å². The van der Waals surface area contributed by atoms with Gasteiger partial charge >= 0.3 is 0 Å². The molecule has 168 valence electrons. The quantitative estimate of drug-likeness (QED) is 0.408. The summed E-state index contributed by atoms with van der Waals surface area (Å²) in [5.41, 5.74) is 7.63. The van der Waals surface area contributed by atoms with E-state index in [1.165, 1.54) is 12.0 Å². The van der Waals surface area contributed by atoms with Crippen molar-refractivity contribution in [3.05, 3.63) is 93.4 Å². The predicted octanol–water partition coefficient (Wildman–Crippen LogP) is 6.12. The summed E-state index contributed by atoms with van der Waals surface area (Å²) in [4.78, 5) is 17.4. The van der Waals surface area contributed by atoms with Gasteiger partial charge in [-0.25, -0.2) is 0 Å². The number of aromatic amines is 1. The number of rotatable bonds is 5. The third-order valence-corrected chi connectivity index (χ3v) is 6.73. The molecule has 0 bridgehead atoms. The first-order valence-electron chi connectivity index (χ1n) is 11.6. The number of aromatic nitrogens is 3. The topological polar surface area (TPSA) is 59.4 Å². The van der Waals surface area contributed by atoms with Gasteiger partial charge in [0.1, 0.15) is 17.1 Å². The molecule has 5 nitrogen and oxygen atoms in total. The molecule has 1 aliphatic rings. The number of allylic oxidation sites excluding steroid dienone is 2. The Bertz CT molecular complexity index is 1380. The van der Waals surface area contributed by atoms with E-state index in [2.05, 4.69) is 30.1 Å². The van der Waals surface area contributed by atoms with Crippen LogP contribution < -0.4 is 10.3 Å². The molecule has 2 heterocycles. The smallest absolute Gasteiger partial charge is 0.278 e. The van der Waals surface area contributed by atoms with Crippen LogP contribution in [0.2, 0.25) is 0 Å². The van der Waals surface area contributed by atoms with Gasteiger partial charge in [0, 0.05) is 28.3 Å². The van der Waals surface area contributed by atoms with Crippen molar-refractivity contribution in [3.63, 3.8) is 0 Å². The first-order chi connectivity index (χ1) is 16.1. The van der Waals surface area contributed by atoms with E-state index in [0.29, 0.717) is 0 Å². The minimum Gasteiger partial charge on any atom is -0.497 e. The molecule has 0 saturated carbocycles. The van der Waals surface area contributed by atoms with Gasteiger partial charge in [0.2, 0.25) is 0 Å². The fourth-order valence-electron chi connectivity index (χ4n) is 4.94. The fourth-order valence-corrected chi connectivity index (χ4v) is 4.94. The second kappa shape index (κ2) is 8.74. The number of nitrogens with one attached hydrogen (secondary N) is 1. The highest BCUT2D eigenvalue weighted by Crippen LogP contribution is 2.36. The number of methoxy groups -OCH3 is 1. The number of aryl methyl sites for hydroxylation is 1. The molecule has 2 aromatic carbocycles. The van der Waals surface area contributed by atoms with Gasteiger partial charge in [0.25, 0.3) is 5.56 Å². The van der Waals surface area contributed by atoms with E-state index >= 15 is 0 Å². The van der Waals surface area contributed by atoms with E-state index in [1.54, 1.807) is 11.6 Å². The second-order valence-corrected chi connectivity index (χ2v) is 8.79. The molecule has 4 aromatic rings. The zero-order chi connectivity index (χ0) is 22.9. The van der Waals surface area contributed by atoms with Crippen LogP contribution in [0.15, 0.2) is 65.5 Å². The molecule has 0 aliphatic heterocycles. The first-order valence-corrected chi connectivity index (χ1v) is 11.6. The van der Waals surface area contributed by atoms with Crippen LogP contribution in [-0.2, 0) is 0 Å². The van der Waals surface area contributed by atoms with Gasteiger partial charge in [-0.2, -0.15) is 9.61 Å². The van der Waals surface area contributed by atoms with Crippen molar-refractivity contribution in [1.29, 1.82) is 0 Å². The highest BCUT2D eigenvalue weighted by Gasteiger charge is 2.25. The van der Waals surface area contributed by atoms with Gasteiger partial charge in [-0.3, -0.25) is 4.79 Å². The number of hydrogen-bond acceptors (Lipinski definition) is 3. The number of nitrogens with zero attached hydrogens (tertiary/aromatic N) is 2. The van der Waals surface area contributed by atoms with E-state index in [9.17, 15) is 4.79 Å². The zero-order valence-electron chi connectivity index (χ0n) is 19.4. The van der Waals surface area contributed by atoms with Crippen LogP contribution in [0.1, 0.15) is 60.9 Å². The largest absolute Gasteiger partial charge is 0.497 e. The molecule has 1 atom stereocenters. The number of hydrogen-bond donors (Lipinski definition) is 1. The Morgan fingerprint density at radius 3 is 2.48 bits per heavy atom. The summed E-state index contributed by atoms with van der Waals surface area (Å²) in [5.74, 6) is 0.725. The van der Waals surface area contributed by atoms with E-state index in [-0.39, 0.29) is 11.5 Å². The summed E-state index contributed by atoms with van der Waals surface area (Å²) in [7, 11) is 1.66. The molecule has 33 heavy (non-hydrogen) atoms. The lowest BCUT2D eigenvalue weighted by molar-refractivity contribution is 0.414. The maximum Gasteiger partial charge on any atom is 0.278 e. The zero-order valence-corrected chi connectivity index (χ0v) is 19.4. The van der Waals surface area contributed by atoms with Crippen LogP contribution in [0.3, 0.4) is 0 Å². The van der Waals surface area contributed by atoms with Crippen LogP contribution in [0.4, 0.5) is 0 Å². The molecular weight excluding hydrogens is 410 g/mol. The van der Waals surface area contributed by atoms with E-state index in [1.807, 2.05) is 49.4 Å². The minimum absolute atomic E-state index is 0.0654. The molecule has 0 amide bonds. The highest BCUT2D eigenvalue weighted by atomic mass is 16.5. The van der Waals surface area contributed by atoms with Gasteiger partial charge in [0.15, 0.2) is 0 Å². The Balaban J connectivity index is 1.72. The molecule has 0 fully saturated rings. The van der Waals surface area contributed by atoms with Gasteiger partial charge < -0.3 is 9.72 Å². The number of fused-ring (bicyclic) bond motifs is 1. The van der Waals surface area contributed by atoms with Crippen molar-refractivity contribution in [1.82, 2.24) is 14.6 Å². The van der Waals surface area contributed by atoms with E-state index in [4.69, 9.17) is 9.84 Å². The number of ether oxygens (including phenoxy) is 1. The van der Waals surface area contributed by atoms with Crippen molar-refractivity contribution >= 4 is 11.2 Å². The molecule has 5 heteroatoms. The molecule has 5 rings (SSSR count). The molecule has 1 N–H and O–H groups in total. The molecule has 1 aliphatic carbocycles. The SMILES string of the molecule is COc1ccc([C@H](C)c2c(C)[nH]c3c(C4=CCCCC4)c(-c4ccccc4)nn3c2=O)cc1. The average Bonchev–Trinajstić information content (AvgIpc) is 3.24. The maximum absolute atomic E-state index is 13.8. The standard InChI is InChI=1S/C28H29N3O2/c1-18(20-14-16-23(33-3)17-15-20)24-19(2)29-27-25(21-10-6-4-7-11-21)26(30-31(27)28(24)32)22-12-8-5-9-13-22/h5,8-10,12-18,29H,4,6-7,11H2,1-3H3/t18-/m0/s1. The molecule has 0 saturated heterocycles. The molecule has 0 radical (unpaired) electrons. The average molecular weight is 440 g/mol. The third kappa shape index (κ3) is 3.78. The molecule has 0 spiro atoms. The lowest BCUT2D eigenvalue weighted by Crippen LogP contribution is -2.24. The number of H-pyrrole nitrogens is 1. The van der Waals surface area contributed by atoms with E-state index in [0.717, 1.165) is 64.3 Å². The first kappa shape index (κ1) is 21.3. The number of benzene rings is 2. The lowest BCUT2D eigenvalue weighted by atomic mass is 9.91. The van der Waals surface area contributed by atoms with Crippen molar-refractivity contribution in [2.24, 2.45) is 0 Å². The highest BCUT2D eigenvalue weighted by molar-refractivity contribution is 5.87. The Hall–Kier alpha value is -3.60. The molecular formula is C28H29N3O2. The van der Waals surface area contributed by atoms with Gasteiger partial charge in [-0.1, -0.05) is 55.5 Å². The van der Waals surface area contributed by atoms with Gasteiger partial charge in [-0.05, 0) is 55.9 Å². The Labute approximate surface area is 193 Å². The van der Waals surface area contributed by atoms with Crippen LogP contribution in [0, 0.1) is 6.92 Å². The van der Waals surface area contributed by atoms with Gasteiger partial charge in [0.05, 0.1) is 7.11 Å². The Morgan fingerprint density at radius 2 is 1.82 bits per heavy atom. The molecule has 0 unspecified atom stereocenters. The van der Waals surface area contributed by atoms with Crippen molar-refractivity contribution < 1.29 is 4.74 Å². The summed E-state index contributed by atoms with van der Waals surface area (Å²) in [6, 6.07) is 18.1. The summed E-state index contributed by atoms with van der Waals surface area (Å²) in [5, 5.41) is 4.87. The van der Waals surface area contributed by atoms with Gasteiger partial charge in [-0.15, -0.1) is 0 Å². The fraction of sp³-hybridized carbons (Fsp3) is 0.286. The van der Waals surface area contributed by atoms with Crippen LogP contribution >= 0.6 is 0 Å². The lowest BCUT2D eigenvalue weighted by Gasteiger charge is -2.16. The Kier molecular flexibility index (Phi) is 5.63. The minimum atomic E-state index is -0.0780. The summed E-state index contributed by atoms with van der Waals surface area (Å²) < 4.78 is 6.87. The Morgan fingerprint density at radius 1 is 1.06 bits per heavy atom. The third-order valence-electron chi connectivity index (χ3n) is 6.73. The summed E-state index contributed by atoms with van der Waals surface area (Å²) >= 11 is 0. The van der Waals surface area contributed by atoms with E-state index < -0.39 is 0 Å². The van der Waals surface area contributed by atoms with Crippen molar-refractivity contribution in [3.8, 4) is 17.0 Å². The normalized spacial score (nSPS) is 14.8. The second-order valence-electron chi connectivity index (χ2n) is 8.79. The van der Waals surface area contributed by atoms with Crippen LogP contribution in [0.5, 0.6) is 5.75 Å². The van der Waals surface area contributed by atoms with Crippen LogP contribution in [-0.4, -0.2) is 21.7 Å². The maximum atomic E-state index is 13.8. The summed E-state index contributed by atoms with van der Waals surface area (Å²) in [6.07, 6.45) is 6.76. The monoisotopic (exact) mass is 439 g/mol. The predicted molar refractivity (Wildman–Crippen MR) is 133 cm³/mol. The summed E-state index contributed by atoms with van der Waals surface area (Å²) in [6.45, 7) is 4.06.